The Hall–Kier alpha value is -1.53. The van der Waals surface area contributed by atoms with Crippen LogP contribution in [-0.4, -0.2) is 34.6 Å². The monoisotopic (exact) mass is 268 g/mol. The number of halogens is 1. The molecule has 19 heavy (non-hydrogen) atoms. The molecule has 6 heteroatoms. The second kappa shape index (κ2) is 6.08. The molecule has 0 unspecified atom stereocenters. The Morgan fingerprint density at radius 2 is 2.05 bits per heavy atom. The summed E-state index contributed by atoms with van der Waals surface area (Å²) in [5, 5.41) is 19.7. The van der Waals surface area contributed by atoms with Crippen molar-refractivity contribution < 1.29 is 14.4 Å². The van der Waals surface area contributed by atoms with Gasteiger partial charge >= 0.3 is 0 Å². The minimum absolute atomic E-state index is 0.208. The Morgan fingerprint density at radius 3 is 2.63 bits per heavy atom. The molecule has 5 nitrogen and oxygen atoms in total. The van der Waals surface area contributed by atoms with Crippen molar-refractivity contribution in [2.75, 3.05) is 19.7 Å². The van der Waals surface area contributed by atoms with Crippen LogP contribution in [0.4, 0.5) is 10.1 Å². The van der Waals surface area contributed by atoms with E-state index in [1.807, 2.05) is 0 Å². The summed E-state index contributed by atoms with van der Waals surface area (Å²) in [7, 11) is 0. The molecule has 1 N–H and O–H groups in total. The predicted molar refractivity (Wildman–Crippen MR) is 68.1 cm³/mol. The molecule has 1 aliphatic heterocycles. The van der Waals surface area contributed by atoms with Gasteiger partial charge in [-0.25, -0.2) is 4.39 Å². The molecule has 1 saturated heterocycles. The molecule has 1 fully saturated rings. The van der Waals surface area contributed by atoms with Crippen LogP contribution < -0.4 is 0 Å². The van der Waals surface area contributed by atoms with Crippen LogP contribution in [0.15, 0.2) is 18.2 Å². The van der Waals surface area contributed by atoms with Crippen molar-refractivity contribution in [3.63, 3.8) is 0 Å². The molecule has 0 saturated carbocycles. The van der Waals surface area contributed by atoms with E-state index < -0.39 is 10.7 Å². The number of nitrogens with zero attached hydrogens (tertiary/aromatic N) is 2. The number of benzene rings is 1. The quantitative estimate of drug-likeness (QED) is 0.669. The highest BCUT2D eigenvalue weighted by molar-refractivity contribution is 5.35. The highest BCUT2D eigenvalue weighted by Gasteiger charge is 2.19. The van der Waals surface area contributed by atoms with Crippen LogP contribution in [0.1, 0.15) is 18.4 Å². The fraction of sp³-hybridized carbons (Fsp3) is 0.538. The number of piperidine rings is 1. The summed E-state index contributed by atoms with van der Waals surface area (Å²) in [4.78, 5) is 12.2. The van der Waals surface area contributed by atoms with E-state index in [2.05, 4.69) is 4.90 Å². The molecule has 0 bridgehead atoms. The standard InChI is InChI=1S/C13H17FN2O3/c14-12-5-11(6-13(7-12)16(18)19)8-15-3-1-10(9-17)2-4-15/h5-7,10,17H,1-4,8-9H2. The third-order valence-electron chi connectivity index (χ3n) is 3.52. The molecular weight excluding hydrogens is 251 g/mol. The summed E-state index contributed by atoms with van der Waals surface area (Å²) in [5.74, 6) is -0.229. The zero-order valence-corrected chi connectivity index (χ0v) is 10.6. The Bertz CT molecular complexity index is 459. The molecule has 1 aromatic carbocycles. The Balaban J connectivity index is 2.01. The first-order valence-corrected chi connectivity index (χ1v) is 6.35. The molecule has 0 amide bonds. The molecular formula is C13H17FN2O3. The SMILES string of the molecule is O=[N+]([O-])c1cc(F)cc(CN2CCC(CO)CC2)c1. The Morgan fingerprint density at radius 1 is 1.37 bits per heavy atom. The third kappa shape index (κ3) is 3.71. The van der Waals surface area contributed by atoms with Crippen molar-refractivity contribution in [3.8, 4) is 0 Å². The van der Waals surface area contributed by atoms with E-state index in [9.17, 15) is 14.5 Å². The fourth-order valence-corrected chi connectivity index (χ4v) is 2.42. The van der Waals surface area contributed by atoms with Gasteiger partial charge in [0, 0.05) is 19.2 Å². The maximum absolute atomic E-state index is 13.3. The normalized spacial score (nSPS) is 17.6. The lowest BCUT2D eigenvalue weighted by Crippen LogP contribution is -2.34. The van der Waals surface area contributed by atoms with Crippen LogP contribution in [-0.2, 0) is 6.54 Å². The summed E-state index contributed by atoms with van der Waals surface area (Å²) in [6, 6.07) is 3.69. The Kier molecular flexibility index (Phi) is 4.44. The van der Waals surface area contributed by atoms with Crippen molar-refractivity contribution in [3.05, 3.63) is 39.7 Å². The van der Waals surface area contributed by atoms with Gasteiger partial charge < -0.3 is 5.11 Å². The van der Waals surface area contributed by atoms with E-state index in [1.165, 1.54) is 12.1 Å². The lowest BCUT2D eigenvalue weighted by atomic mass is 9.97. The van der Waals surface area contributed by atoms with Crippen molar-refractivity contribution in [2.45, 2.75) is 19.4 Å². The first-order chi connectivity index (χ1) is 9.08. The van der Waals surface area contributed by atoms with E-state index in [4.69, 9.17) is 5.11 Å². The molecule has 1 aromatic rings. The number of likely N-dealkylation sites (tertiary alicyclic amines) is 1. The zero-order chi connectivity index (χ0) is 13.8. The molecule has 0 aliphatic carbocycles. The molecule has 1 aliphatic rings. The summed E-state index contributed by atoms with van der Waals surface area (Å²) >= 11 is 0. The number of aliphatic hydroxyl groups excluding tert-OH is 1. The van der Waals surface area contributed by atoms with E-state index in [0.717, 1.165) is 32.0 Å². The van der Waals surface area contributed by atoms with E-state index in [-0.39, 0.29) is 12.3 Å². The largest absolute Gasteiger partial charge is 0.396 e. The number of hydrogen-bond donors (Lipinski definition) is 1. The second-order valence-corrected chi connectivity index (χ2v) is 4.98. The van der Waals surface area contributed by atoms with Gasteiger partial charge in [-0.1, -0.05) is 0 Å². The summed E-state index contributed by atoms with van der Waals surface area (Å²) in [6.45, 7) is 2.38. The maximum Gasteiger partial charge on any atom is 0.272 e. The number of nitro groups is 1. The molecule has 1 heterocycles. The van der Waals surface area contributed by atoms with Gasteiger partial charge in [-0.3, -0.25) is 15.0 Å². The second-order valence-electron chi connectivity index (χ2n) is 4.98. The first kappa shape index (κ1) is 13.9. The number of aliphatic hydroxyl groups is 1. The van der Waals surface area contributed by atoms with Crippen molar-refractivity contribution in [2.24, 2.45) is 5.92 Å². The smallest absolute Gasteiger partial charge is 0.272 e. The van der Waals surface area contributed by atoms with Crippen LogP contribution in [0.3, 0.4) is 0 Å². The number of non-ortho nitro benzene ring substituents is 1. The van der Waals surface area contributed by atoms with Gasteiger partial charge in [-0.2, -0.15) is 0 Å². The predicted octanol–water partition coefficient (Wildman–Crippen LogP) is 1.94. The molecule has 2 rings (SSSR count). The minimum Gasteiger partial charge on any atom is -0.396 e. The molecule has 0 aromatic heterocycles. The average Bonchev–Trinajstić information content (AvgIpc) is 2.39. The summed E-state index contributed by atoms with van der Waals surface area (Å²) in [6.07, 6.45) is 1.82. The topological polar surface area (TPSA) is 66.6 Å². The molecule has 0 radical (unpaired) electrons. The van der Waals surface area contributed by atoms with Gasteiger partial charge in [-0.15, -0.1) is 0 Å². The van der Waals surface area contributed by atoms with Crippen LogP contribution >= 0.6 is 0 Å². The van der Waals surface area contributed by atoms with Gasteiger partial charge in [0.2, 0.25) is 0 Å². The molecule has 104 valence electrons. The van der Waals surface area contributed by atoms with Gasteiger partial charge in [0.15, 0.2) is 0 Å². The first-order valence-electron chi connectivity index (χ1n) is 6.35. The van der Waals surface area contributed by atoms with Gasteiger partial charge in [0.1, 0.15) is 5.82 Å². The van der Waals surface area contributed by atoms with Crippen LogP contribution in [0, 0.1) is 21.8 Å². The highest BCUT2D eigenvalue weighted by atomic mass is 19.1. The summed E-state index contributed by atoms with van der Waals surface area (Å²) in [5.41, 5.74) is 0.411. The average molecular weight is 268 g/mol. The molecule has 0 atom stereocenters. The highest BCUT2D eigenvalue weighted by Crippen LogP contribution is 2.21. The van der Waals surface area contributed by atoms with Crippen molar-refractivity contribution in [1.29, 1.82) is 0 Å². The van der Waals surface area contributed by atoms with Gasteiger partial charge in [-0.05, 0) is 43.5 Å². The lowest BCUT2D eigenvalue weighted by Gasteiger charge is -2.30. The van der Waals surface area contributed by atoms with Crippen LogP contribution in [0.2, 0.25) is 0 Å². The van der Waals surface area contributed by atoms with Crippen molar-refractivity contribution in [1.82, 2.24) is 4.90 Å². The van der Waals surface area contributed by atoms with Crippen LogP contribution in [0.5, 0.6) is 0 Å². The molecule has 0 spiro atoms. The minimum atomic E-state index is -0.579. The number of rotatable bonds is 4. The van der Waals surface area contributed by atoms with E-state index >= 15 is 0 Å². The van der Waals surface area contributed by atoms with E-state index in [0.29, 0.717) is 18.0 Å². The number of hydrogen-bond acceptors (Lipinski definition) is 4. The van der Waals surface area contributed by atoms with E-state index in [1.54, 1.807) is 0 Å². The maximum atomic E-state index is 13.3. The number of nitro benzene ring substituents is 1. The van der Waals surface area contributed by atoms with Gasteiger partial charge in [0.25, 0.3) is 5.69 Å². The Labute approximate surface area is 110 Å². The zero-order valence-electron chi connectivity index (χ0n) is 10.6. The van der Waals surface area contributed by atoms with Gasteiger partial charge in [0.05, 0.1) is 11.0 Å². The van der Waals surface area contributed by atoms with Crippen LogP contribution in [0.25, 0.3) is 0 Å². The fourth-order valence-electron chi connectivity index (χ4n) is 2.42. The lowest BCUT2D eigenvalue weighted by molar-refractivity contribution is -0.385. The van der Waals surface area contributed by atoms with Crippen molar-refractivity contribution >= 4 is 5.69 Å². The third-order valence-corrected chi connectivity index (χ3v) is 3.52. The summed E-state index contributed by atoms with van der Waals surface area (Å²) < 4.78 is 13.3.